The number of sulfonamides is 1. The van der Waals surface area contributed by atoms with Crippen molar-refractivity contribution in [3.8, 4) is 0 Å². The molecule has 1 atom stereocenters. The average Bonchev–Trinajstić information content (AvgIpc) is 2.63. The topological polar surface area (TPSA) is 106 Å². The molecule has 0 saturated heterocycles. The molecule has 1 heterocycles. The van der Waals surface area contributed by atoms with Gasteiger partial charge in [-0.15, -0.1) is 0 Å². The van der Waals surface area contributed by atoms with Gasteiger partial charge in [0.1, 0.15) is 12.4 Å². The maximum atomic E-state index is 12.5. The molecule has 2 rings (SSSR count). The maximum absolute atomic E-state index is 12.5. The lowest BCUT2D eigenvalue weighted by molar-refractivity contribution is -0.153. The van der Waals surface area contributed by atoms with Crippen LogP contribution in [0.25, 0.3) is 0 Å². The summed E-state index contributed by atoms with van der Waals surface area (Å²) in [6.45, 7) is 2.67. The highest BCUT2D eigenvalue weighted by atomic mass is 35.5. The Morgan fingerprint density at radius 3 is 2.43 bits per heavy atom. The van der Waals surface area contributed by atoms with Gasteiger partial charge in [-0.3, -0.25) is 9.59 Å². The first-order valence-corrected chi connectivity index (χ1v) is 10.1. The van der Waals surface area contributed by atoms with Crippen LogP contribution in [-0.2, 0) is 24.3 Å². The molecule has 1 unspecified atom stereocenters. The number of anilines is 1. The molecule has 1 N–H and O–H groups in total. The molecule has 0 aliphatic heterocycles. The van der Waals surface area contributed by atoms with E-state index in [0.29, 0.717) is 5.02 Å². The molecular weight excluding hydrogens is 406 g/mol. The van der Waals surface area contributed by atoms with Gasteiger partial charge in [0, 0.05) is 13.2 Å². The predicted octanol–water partition coefficient (Wildman–Crippen LogP) is 2.23. The van der Waals surface area contributed by atoms with Crippen LogP contribution < -0.4 is 5.32 Å². The second-order valence-corrected chi connectivity index (χ2v) is 8.54. The molecule has 8 nitrogen and oxygen atoms in total. The van der Waals surface area contributed by atoms with Crippen molar-refractivity contribution in [2.45, 2.75) is 24.8 Å². The number of aryl methyl sites for hydroxylation is 1. The number of hydrogen-bond acceptors (Lipinski definition) is 6. The van der Waals surface area contributed by atoms with E-state index < -0.39 is 34.5 Å². The zero-order valence-electron chi connectivity index (χ0n) is 15.5. The smallest absolute Gasteiger partial charge is 0.322 e. The fourth-order valence-corrected chi connectivity index (χ4v) is 3.35. The normalized spacial score (nSPS) is 12.5. The van der Waals surface area contributed by atoms with E-state index >= 15 is 0 Å². The van der Waals surface area contributed by atoms with E-state index in [1.54, 1.807) is 18.2 Å². The van der Waals surface area contributed by atoms with Crippen molar-refractivity contribution in [3.63, 3.8) is 0 Å². The number of esters is 1. The molecule has 0 bridgehead atoms. The first-order chi connectivity index (χ1) is 13.1. The van der Waals surface area contributed by atoms with Crippen LogP contribution in [0, 0.1) is 6.92 Å². The third-order valence-corrected chi connectivity index (χ3v) is 5.78. The number of halogens is 1. The van der Waals surface area contributed by atoms with Gasteiger partial charge in [0.15, 0.2) is 6.10 Å². The van der Waals surface area contributed by atoms with E-state index in [0.717, 1.165) is 9.87 Å². The Morgan fingerprint density at radius 2 is 1.86 bits per heavy atom. The number of pyridine rings is 1. The fraction of sp³-hybridized carbons (Fsp3) is 0.278. The Morgan fingerprint density at radius 1 is 1.21 bits per heavy atom. The summed E-state index contributed by atoms with van der Waals surface area (Å²) in [5.41, 5.74) is 0.913. The van der Waals surface area contributed by atoms with Crippen LogP contribution in [0.5, 0.6) is 0 Å². The van der Waals surface area contributed by atoms with Crippen molar-refractivity contribution in [2.24, 2.45) is 0 Å². The van der Waals surface area contributed by atoms with Gasteiger partial charge >= 0.3 is 5.97 Å². The van der Waals surface area contributed by atoms with Gasteiger partial charge in [-0.1, -0.05) is 29.3 Å². The second kappa shape index (κ2) is 9.13. The molecule has 1 aromatic carbocycles. The SMILES string of the molecule is Cc1ccc(S(=O)(=O)N(C)CC(=O)OC(C)C(=O)Nc2ccc(Cl)cn2)cc1. The molecule has 0 radical (unpaired) electrons. The number of nitrogens with zero attached hydrogens (tertiary/aromatic N) is 2. The lowest BCUT2D eigenvalue weighted by atomic mass is 10.2. The van der Waals surface area contributed by atoms with Gasteiger partial charge in [-0.2, -0.15) is 4.31 Å². The Bertz CT molecular complexity index is 946. The molecule has 2 aromatic rings. The van der Waals surface area contributed by atoms with Crippen LogP contribution in [0.15, 0.2) is 47.5 Å². The van der Waals surface area contributed by atoms with Gasteiger partial charge in [-0.25, -0.2) is 13.4 Å². The molecular formula is C18H20ClN3O5S. The van der Waals surface area contributed by atoms with Crippen LogP contribution >= 0.6 is 11.6 Å². The lowest BCUT2D eigenvalue weighted by Crippen LogP contribution is -2.37. The summed E-state index contributed by atoms with van der Waals surface area (Å²) in [7, 11) is -2.59. The lowest BCUT2D eigenvalue weighted by Gasteiger charge is -2.18. The molecule has 0 aliphatic rings. The molecule has 150 valence electrons. The number of carbonyl (C=O) groups excluding carboxylic acids is 2. The van der Waals surface area contributed by atoms with E-state index in [4.69, 9.17) is 16.3 Å². The summed E-state index contributed by atoms with van der Waals surface area (Å²) in [6, 6.07) is 9.29. The van der Waals surface area contributed by atoms with E-state index in [9.17, 15) is 18.0 Å². The van der Waals surface area contributed by atoms with Crippen LogP contribution in [0.4, 0.5) is 5.82 Å². The Kier molecular flexibility index (Phi) is 7.11. The number of ether oxygens (including phenoxy) is 1. The largest absolute Gasteiger partial charge is 0.452 e. The van der Waals surface area contributed by atoms with E-state index in [-0.39, 0.29) is 10.7 Å². The zero-order valence-corrected chi connectivity index (χ0v) is 17.1. The number of likely N-dealkylation sites (N-methyl/N-ethyl adjacent to an activating group) is 1. The van der Waals surface area contributed by atoms with Crippen molar-refractivity contribution >= 4 is 39.3 Å². The summed E-state index contributed by atoms with van der Waals surface area (Å²) in [6.07, 6.45) is 0.221. The van der Waals surface area contributed by atoms with Gasteiger partial charge in [0.05, 0.1) is 9.92 Å². The van der Waals surface area contributed by atoms with Gasteiger partial charge in [0.25, 0.3) is 5.91 Å². The maximum Gasteiger partial charge on any atom is 0.322 e. The quantitative estimate of drug-likeness (QED) is 0.682. The van der Waals surface area contributed by atoms with E-state index in [2.05, 4.69) is 10.3 Å². The third-order valence-electron chi connectivity index (χ3n) is 3.74. The van der Waals surface area contributed by atoms with Crippen molar-refractivity contribution < 1.29 is 22.7 Å². The first kappa shape index (κ1) is 21.8. The zero-order chi connectivity index (χ0) is 20.9. The summed E-state index contributed by atoms with van der Waals surface area (Å²) in [4.78, 5) is 28.1. The Hall–Kier alpha value is -2.49. The summed E-state index contributed by atoms with van der Waals surface area (Å²) in [5.74, 6) is -1.21. The number of amides is 1. The number of aromatic nitrogens is 1. The van der Waals surface area contributed by atoms with Crippen LogP contribution in [0.3, 0.4) is 0 Å². The van der Waals surface area contributed by atoms with E-state index in [1.807, 2.05) is 6.92 Å². The predicted molar refractivity (Wildman–Crippen MR) is 104 cm³/mol. The first-order valence-electron chi connectivity index (χ1n) is 8.24. The average molecular weight is 426 g/mol. The van der Waals surface area contributed by atoms with E-state index in [1.165, 1.54) is 38.4 Å². The van der Waals surface area contributed by atoms with Crippen LogP contribution in [0.1, 0.15) is 12.5 Å². The molecule has 28 heavy (non-hydrogen) atoms. The number of nitrogens with one attached hydrogen (secondary N) is 1. The molecule has 1 aromatic heterocycles. The molecule has 10 heteroatoms. The van der Waals surface area contributed by atoms with Crippen LogP contribution in [-0.4, -0.2) is 49.3 Å². The standard InChI is InChI=1S/C18H20ClN3O5S/c1-12-4-7-15(8-5-12)28(25,26)22(3)11-17(23)27-13(2)18(24)21-16-9-6-14(19)10-20-16/h4-10,13H,11H2,1-3H3,(H,20,21,24). The molecule has 0 aliphatic carbocycles. The van der Waals surface area contributed by atoms with Gasteiger partial charge in [-0.05, 0) is 38.1 Å². The Balaban J connectivity index is 1.93. The number of carbonyl (C=O) groups is 2. The molecule has 0 fully saturated rings. The Labute approximate surface area is 168 Å². The molecule has 1 amide bonds. The monoisotopic (exact) mass is 425 g/mol. The minimum absolute atomic E-state index is 0.0630. The minimum atomic E-state index is -3.85. The second-order valence-electron chi connectivity index (χ2n) is 6.06. The summed E-state index contributed by atoms with van der Waals surface area (Å²) in [5, 5.41) is 2.88. The van der Waals surface area contributed by atoms with Crippen LogP contribution in [0.2, 0.25) is 5.02 Å². The highest BCUT2D eigenvalue weighted by Gasteiger charge is 2.25. The van der Waals surface area contributed by atoms with Crippen molar-refractivity contribution in [1.29, 1.82) is 0 Å². The van der Waals surface area contributed by atoms with Crippen molar-refractivity contribution in [1.82, 2.24) is 9.29 Å². The minimum Gasteiger partial charge on any atom is -0.452 e. The molecule has 0 spiro atoms. The third kappa shape index (κ3) is 5.75. The summed E-state index contributed by atoms with van der Waals surface area (Å²) >= 11 is 5.72. The highest BCUT2D eigenvalue weighted by Crippen LogP contribution is 2.15. The van der Waals surface area contributed by atoms with Gasteiger partial charge in [0.2, 0.25) is 10.0 Å². The summed E-state index contributed by atoms with van der Waals surface area (Å²) < 4.78 is 30.9. The number of rotatable bonds is 7. The highest BCUT2D eigenvalue weighted by molar-refractivity contribution is 7.89. The van der Waals surface area contributed by atoms with Crippen molar-refractivity contribution in [3.05, 3.63) is 53.2 Å². The van der Waals surface area contributed by atoms with Crippen molar-refractivity contribution in [2.75, 3.05) is 18.9 Å². The number of benzene rings is 1. The van der Waals surface area contributed by atoms with Gasteiger partial charge < -0.3 is 10.1 Å². The fourth-order valence-electron chi connectivity index (χ4n) is 2.12. The number of hydrogen-bond donors (Lipinski definition) is 1. The molecule has 0 saturated carbocycles.